The molecule has 5 nitrogen and oxygen atoms in total. The quantitative estimate of drug-likeness (QED) is 0.785. The van der Waals surface area contributed by atoms with Crippen molar-refractivity contribution in [1.29, 1.82) is 0 Å². The van der Waals surface area contributed by atoms with Gasteiger partial charge in [0.05, 0.1) is 10.5 Å². The van der Waals surface area contributed by atoms with Gasteiger partial charge in [0.25, 0.3) is 5.91 Å². The molecule has 0 aliphatic rings. The number of carbonyl (C=O) groups excluding carboxylic acids is 1. The molecule has 0 bridgehead atoms. The summed E-state index contributed by atoms with van der Waals surface area (Å²) in [6.07, 6.45) is 1.35. The van der Waals surface area contributed by atoms with E-state index in [0.717, 1.165) is 24.3 Å². The third-order valence-electron chi connectivity index (χ3n) is 2.99. The van der Waals surface area contributed by atoms with E-state index in [4.69, 9.17) is 0 Å². The van der Waals surface area contributed by atoms with E-state index in [2.05, 4.69) is 16.6 Å². The second-order valence-corrected chi connectivity index (χ2v) is 6.51. The molecule has 1 amide bonds. The van der Waals surface area contributed by atoms with Gasteiger partial charge in [-0.05, 0) is 36.4 Å². The van der Waals surface area contributed by atoms with Gasteiger partial charge in [0, 0.05) is 12.2 Å². The zero-order chi connectivity index (χ0) is 17.7. The highest BCUT2D eigenvalue weighted by Gasteiger charge is 2.19. The van der Waals surface area contributed by atoms with E-state index in [-0.39, 0.29) is 17.1 Å². The van der Waals surface area contributed by atoms with Crippen LogP contribution in [0.25, 0.3) is 0 Å². The minimum atomic E-state index is -3.90. The molecule has 2 aromatic rings. The van der Waals surface area contributed by atoms with Crippen LogP contribution in [0.2, 0.25) is 0 Å². The first-order chi connectivity index (χ1) is 11.3. The Hall–Kier alpha value is -2.58. The molecule has 2 rings (SSSR count). The number of rotatable bonds is 6. The molecule has 2 aromatic carbocycles. The van der Waals surface area contributed by atoms with Crippen molar-refractivity contribution in [3.63, 3.8) is 0 Å². The van der Waals surface area contributed by atoms with Crippen molar-refractivity contribution in [3.8, 4) is 0 Å². The fourth-order valence-electron chi connectivity index (χ4n) is 1.86. The number of benzene rings is 2. The molecule has 24 heavy (non-hydrogen) atoms. The van der Waals surface area contributed by atoms with Crippen LogP contribution in [0.3, 0.4) is 0 Å². The lowest BCUT2D eigenvalue weighted by molar-refractivity contribution is 0.102. The Labute approximate surface area is 138 Å². The maximum Gasteiger partial charge on any atom is 0.258 e. The number of anilines is 1. The molecule has 0 fully saturated rings. The standard InChI is InChI=1S/C16H14F2N2O3S/c1-2-8-19-24(22,23)13-6-7-15(18)14(10-13)16(21)20-12-5-3-4-11(17)9-12/h2-7,9-10,19H,1,8H2,(H,20,21). The zero-order valence-corrected chi connectivity index (χ0v) is 13.2. The summed E-state index contributed by atoms with van der Waals surface area (Å²) in [5.41, 5.74) is -0.349. The summed E-state index contributed by atoms with van der Waals surface area (Å²) in [6, 6.07) is 7.88. The average molecular weight is 352 g/mol. The molecule has 2 N–H and O–H groups in total. The Balaban J connectivity index is 2.31. The maximum absolute atomic E-state index is 13.9. The van der Waals surface area contributed by atoms with Crippen molar-refractivity contribution in [1.82, 2.24) is 4.72 Å². The first kappa shape index (κ1) is 17.8. The Morgan fingerprint density at radius 1 is 1.17 bits per heavy atom. The highest BCUT2D eigenvalue weighted by molar-refractivity contribution is 7.89. The Kier molecular flexibility index (Phi) is 5.42. The second kappa shape index (κ2) is 7.33. The van der Waals surface area contributed by atoms with Crippen LogP contribution >= 0.6 is 0 Å². The molecule has 0 saturated carbocycles. The average Bonchev–Trinajstić information content (AvgIpc) is 2.53. The van der Waals surface area contributed by atoms with Gasteiger partial charge in [-0.25, -0.2) is 21.9 Å². The van der Waals surface area contributed by atoms with Crippen LogP contribution in [0.1, 0.15) is 10.4 Å². The highest BCUT2D eigenvalue weighted by atomic mass is 32.2. The van der Waals surface area contributed by atoms with Crippen LogP contribution in [0.4, 0.5) is 14.5 Å². The molecule has 0 aliphatic carbocycles. The summed E-state index contributed by atoms with van der Waals surface area (Å²) in [4.78, 5) is 11.9. The van der Waals surface area contributed by atoms with E-state index in [1.165, 1.54) is 24.3 Å². The summed E-state index contributed by atoms with van der Waals surface area (Å²) in [5.74, 6) is -2.36. The van der Waals surface area contributed by atoms with Crippen molar-refractivity contribution in [2.75, 3.05) is 11.9 Å². The maximum atomic E-state index is 13.9. The number of nitrogens with one attached hydrogen (secondary N) is 2. The lowest BCUT2D eigenvalue weighted by Crippen LogP contribution is -2.24. The number of carbonyl (C=O) groups is 1. The van der Waals surface area contributed by atoms with Crippen LogP contribution in [0, 0.1) is 11.6 Å². The van der Waals surface area contributed by atoms with Crippen molar-refractivity contribution >= 4 is 21.6 Å². The van der Waals surface area contributed by atoms with Gasteiger partial charge in [-0.1, -0.05) is 12.1 Å². The highest BCUT2D eigenvalue weighted by Crippen LogP contribution is 2.17. The molecule has 0 spiro atoms. The molecule has 0 unspecified atom stereocenters. The Morgan fingerprint density at radius 2 is 1.92 bits per heavy atom. The Bertz CT molecular complexity index is 883. The van der Waals surface area contributed by atoms with E-state index in [1.54, 1.807) is 0 Å². The zero-order valence-electron chi connectivity index (χ0n) is 12.4. The minimum absolute atomic E-state index is 0.00939. The van der Waals surface area contributed by atoms with Gasteiger partial charge in [-0.3, -0.25) is 4.79 Å². The molecule has 0 heterocycles. The monoisotopic (exact) mass is 352 g/mol. The van der Waals surface area contributed by atoms with Crippen LogP contribution in [0.5, 0.6) is 0 Å². The molecule has 0 radical (unpaired) electrons. The second-order valence-electron chi connectivity index (χ2n) is 4.75. The number of amides is 1. The van der Waals surface area contributed by atoms with Crippen molar-refractivity contribution in [2.45, 2.75) is 4.90 Å². The molecule has 0 saturated heterocycles. The molecular formula is C16H14F2N2O3S. The summed E-state index contributed by atoms with van der Waals surface area (Å²) in [7, 11) is -3.90. The van der Waals surface area contributed by atoms with Crippen LogP contribution in [-0.2, 0) is 10.0 Å². The molecule has 0 aromatic heterocycles. The molecular weight excluding hydrogens is 338 g/mol. The van der Waals surface area contributed by atoms with Crippen molar-refractivity contribution in [2.24, 2.45) is 0 Å². The topological polar surface area (TPSA) is 75.3 Å². The van der Waals surface area contributed by atoms with Crippen molar-refractivity contribution in [3.05, 3.63) is 72.3 Å². The first-order valence-electron chi connectivity index (χ1n) is 6.80. The summed E-state index contributed by atoms with van der Waals surface area (Å²) in [5, 5.41) is 2.31. The van der Waals surface area contributed by atoms with Crippen LogP contribution in [-0.4, -0.2) is 20.9 Å². The van der Waals surface area contributed by atoms with E-state index < -0.39 is 33.1 Å². The van der Waals surface area contributed by atoms with Gasteiger partial charge >= 0.3 is 0 Å². The fraction of sp³-hybridized carbons (Fsp3) is 0.0625. The fourth-order valence-corrected chi connectivity index (χ4v) is 2.89. The van der Waals surface area contributed by atoms with Crippen LogP contribution < -0.4 is 10.0 Å². The Morgan fingerprint density at radius 3 is 2.58 bits per heavy atom. The normalized spacial score (nSPS) is 11.1. The SMILES string of the molecule is C=CCNS(=O)(=O)c1ccc(F)c(C(=O)Nc2cccc(F)c2)c1. The summed E-state index contributed by atoms with van der Waals surface area (Å²) in [6.45, 7) is 3.38. The van der Waals surface area contributed by atoms with Gasteiger partial charge in [-0.15, -0.1) is 6.58 Å². The summed E-state index contributed by atoms with van der Waals surface area (Å²) < 4.78 is 53.2. The number of hydrogen-bond acceptors (Lipinski definition) is 3. The molecule has 0 atom stereocenters. The summed E-state index contributed by atoms with van der Waals surface area (Å²) >= 11 is 0. The van der Waals surface area contributed by atoms with Gasteiger partial charge in [0.2, 0.25) is 10.0 Å². The van der Waals surface area contributed by atoms with E-state index in [1.807, 2.05) is 0 Å². The van der Waals surface area contributed by atoms with Crippen molar-refractivity contribution < 1.29 is 22.0 Å². The third-order valence-corrected chi connectivity index (χ3v) is 4.41. The predicted octanol–water partition coefficient (Wildman–Crippen LogP) is 2.68. The van der Waals surface area contributed by atoms with Gasteiger partial charge in [0.15, 0.2) is 0 Å². The van der Waals surface area contributed by atoms with Gasteiger partial charge in [-0.2, -0.15) is 0 Å². The van der Waals surface area contributed by atoms with Gasteiger partial charge < -0.3 is 5.32 Å². The smallest absolute Gasteiger partial charge is 0.258 e. The molecule has 8 heteroatoms. The van der Waals surface area contributed by atoms with E-state index in [9.17, 15) is 22.0 Å². The predicted molar refractivity (Wildman–Crippen MR) is 86.1 cm³/mol. The largest absolute Gasteiger partial charge is 0.322 e. The van der Waals surface area contributed by atoms with Crippen LogP contribution in [0.15, 0.2) is 60.0 Å². The molecule has 0 aliphatic heterocycles. The van der Waals surface area contributed by atoms with E-state index >= 15 is 0 Å². The molecule has 126 valence electrons. The number of halogens is 2. The number of sulfonamides is 1. The lowest BCUT2D eigenvalue weighted by Gasteiger charge is -2.09. The van der Waals surface area contributed by atoms with E-state index in [0.29, 0.717) is 0 Å². The third kappa shape index (κ3) is 4.24. The first-order valence-corrected chi connectivity index (χ1v) is 8.29. The lowest BCUT2D eigenvalue weighted by atomic mass is 10.2. The minimum Gasteiger partial charge on any atom is -0.322 e. The number of hydrogen-bond donors (Lipinski definition) is 2. The van der Waals surface area contributed by atoms with Gasteiger partial charge in [0.1, 0.15) is 11.6 Å².